The van der Waals surface area contributed by atoms with Crippen LogP contribution in [0.15, 0.2) is 23.4 Å². The van der Waals surface area contributed by atoms with Gasteiger partial charge in [0, 0.05) is 24.0 Å². The van der Waals surface area contributed by atoms with Crippen molar-refractivity contribution >= 4 is 5.71 Å². The summed E-state index contributed by atoms with van der Waals surface area (Å²) in [5.41, 5.74) is 2.97. The first-order valence-corrected chi connectivity index (χ1v) is 6.46. The predicted molar refractivity (Wildman–Crippen MR) is 67.6 cm³/mol. The molecule has 1 aromatic carbocycles. The molecule has 96 valence electrons. The molecule has 1 aliphatic heterocycles. The van der Waals surface area contributed by atoms with Gasteiger partial charge >= 0.3 is 0 Å². The molecule has 0 spiro atoms. The van der Waals surface area contributed by atoms with Crippen molar-refractivity contribution in [1.29, 1.82) is 0 Å². The fourth-order valence-corrected chi connectivity index (χ4v) is 2.66. The monoisotopic (exact) mass is 247 g/mol. The van der Waals surface area contributed by atoms with Crippen LogP contribution in [0.5, 0.6) is 5.75 Å². The molecule has 0 unspecified atom stereocenters. The summed E-state index contributed by atoms with van der Waals surface area (Å²) in [5.74, 6) is 0.943. The average molecular weight is 247 g/mol. The average Bonchev–Trinajstić information content (AvgIpc) is 2.84. The minimum absolute atomic E-state index is 0.250. The third kappa shape index (κ3) is 2.08. The van der Waals surface area contributed by atoms with E-state index in [9.17, 15) is 0 Å². The molecule has 0 bridgehead atoms. The van der Waals surface area contributed by atoms with Gasteiger partial charge in [0.05, 0.1) is 18.9 Å². The second kappa shape index (κ2) is 4.98. The fraction of sp³-hybridized carbons (Fsp3) is 0.500. The zero-order chi connectivity index (χ0) is 12.4. The number of oxime groups is 1. The summed E-state index contributed by atoms with van der Waals surface area (Å²) in [4.78, 5) is 0. The van der Waals surface area contributed by atoms with Crippen LogP contribution in [0.25, 0.3) is 0 Å². The zero-order valence-electron chi connectivity index (χ0n) is 10.3. The predicted octanol–water partition coefficient (Wildman–Crippen LogP) is 2.37. The van der Waals surface area contributed by atoms with E-state index < -0.39 is 0 Å². The lowest BCUT2D eigenvalue weighted by Gasteiger charge is -2.24. The number of hydrogen-bond acceptors (Lipinski definition) is 4. The molecule has 2 aliphatic rings. The fourth-order valence-electron chi connectivity index (χ4n) is 2.66. The second-order valence-corrected chi connectivity index (χ2v) is 4.76. The number of nitrogens with zero attached hydrogens (tertiary/aromatic N) is 1. The first-order chi connectivity index (χ1) is 8.88. The molecule has 1 aromatic rings. The van der Waals surface area contributed by atoms with Crippen molar-refractivity contribution in [3.8, 4) is 5.75 Å². The Balaban J connectivity index is 1.83. The summed E-state index contributed by atoms with van der Waals surface area (Å²) < 4.78 is 11.4. The van der Waals surface area contributed by atoms with E-state index in [1.165, 1.54) is 5.56 Å². The van der Waals surface area contributed by atoms with Crippen LogP contribution in [0.2, 0.25) is 0 Å². The summed E-state index contributed by atoms with van der Waals surface area (Å²) in [6.45, 7) is 1.56. The van der Waals surface area contributed by atoms with Crippen molar-refractivity contribution in [2.24, 2.45) is 5.16 Å². The van der Waals surface area contributed by atoms with Crippen molar-refractivity contribution < 1.29 is 14.7 Å². The molecule has 1 N–H and O–H groups in total. The van der Waals surface area contributed by atoms with Crippen LogP contribution in [0, 0.1) is 0 Å². The van der Waals surface area contributed by atoms with E-state index in [0.717, 1.165) is 55.9 Å². The van der Waals surface area contributed by atoms with Gasteiger partial charge in [-0.25, -0.2) is 0 Å². The van der Waals surface area contributed by atoms with E-state index in [1.807, 2.05) is 18.2 Å². The molecule has 0 atom stereocenters. The first kappa shape index (κ1) is 11.5. The highest BCUT2D eigenvalue weighted by atomic mass is 16.5. The molecule has 0 saturated carbocycles. The SMILES string of the molecule is ON=C1CCc2c(OC3CCOCC3)cccc21. The smallest absolute Gasteiger partial charge is 0.123 e. The Labute approximate surface area is 106 Å². The molecular formula is C14H17NO3. The number of ether oxygens (including phenoxy) is 2. The maximum atomic E-state index is 8.96. The van der Waals surface area contributed by atoms with Crippen LogP contribution < -0.4 is 4.74 Å². The third-order valence-corrected chi connectivity index (χ3v) is 3.64. The van der Waals surface area contributed by atoms with Crippen LogP contribution in [0.3, 0.4) is 0 Å². The summed E-state index contributed by atoms with van der Waals surface area (Å²) in [5, 5.41) is 12.3. The largest absolute Gasteiger partial charge is 0.490 e. The highest BCUT2D eigenvalue weighted by Crippen LogP contribution is 2.32. The van der Waals surface area contributed by atoms with E-state index in [0.29, 0.717) is 0 Å². The van der Waals surface area contributed by atoms with E-state index in [2.05, 4.69) is 5.16 Å². The number of benzene rings is 1. The molecule has 1 aliphatic carbocycles. The third-order valence-electron chi connectivity index (χ3n) is 3.64. The minimum Gasteiger partial charge on any atom is -0.490 e. The van der Waals surface area contributed by atoms with Crippen LogP contribution >= 0.6 is 0 Å². The van der Waals surface area contributed by atoms with Crippen molar-refractivity contribution in [3.05, 3.63) is 29.3 Å². The van der Waals surface area contributed by atoms with E-state index >= 15 is 0 Å². The molecule has 0 radical (unpaired) electrons. The molecule has 0 amide bonds. The topological polar surface area (TPSA) is 51.1 Å². The van der Waals surface area contributed by atoms with Crippen molar-refractivity contribution in [1.82, 2.24) is 0 Å². The van der Waals surface area contributed by atoms with E-state index in [-0.39, 0.29) is 6.10 Å². The Morgan fingerprint density at radius 3 is 2.83 bits per heavy atom. The Kier molecular flexibility index (Phi) is 3.19. The molecule has 1 saturated heterocycles. The molecule has 0 aromatic heterocycles. The lowest BCUT2D eigenvalue weighted by molar-refractivity contribution is 0.0252. The van der Waals surface area contributed by atoms with Gasteiger partial charge in [0.1, 0.15) is 11.9 Å². The quantitative estimate of drug-likeness (QED) is 0.644. The van der Waals surface area contributed by atoms with Gasteiger partial charge < -0.3 is 14.7 Å². The van der Waals surface area contributed by atoms with Gasteiger partial charge in [-0.15, -0.1) is 0 Å². The molecule has 1 fully saturated rings. The molecule has 3 rings (SSSR count). The molecule has 1 heterocycles. The lowest BCUT2D eigenvalue weighted by Crippen LogP contribution is -2.26. The molecular weight excluding hydrogens is 230 g/mol. The standard InChI is InChI=1S/C14H17NO3/c16-15-13-5-4-12-11(13)2-1-3-14(12)18-10-6-8-17-9-7-10/h1-3,10,16H,4-9H2. The Bertz CT molecular complexity index is 464. The maximum absolute atomic E-state index is 8.96. The van der Waals surface area contributed by atoms with Gasteiger partial charge in [0.15, 0.2) is 0 Å². The van der Waals surface area contributed by atoms with Crippen molar-refractivity contribution in [2.45, 2.75) is 31.8 Å². The van der Waals surface area contributed by atoms with Crippen LogP contribution in [-0.4, -0.2) is 30.2 Å². The van der Waals surface area contributed by atoms with Crippen LogP contribution in [0.1, 0.15) is 30.4 Å². The van der Waals surface area contributed by atoms with Crippen LogP contribution in [-0.2, 0) is 11.2 Å². The Morgan fingerprint density at radius 2 is 2.06 bits per heavy atom. The van der Waals surface area contributed by atoms with Gasteiger partial charge in [-0.1, -0.05) is 17.3 Å². The summed E-state index contributed by atoms with van der Waals surface area (Å²) >= 11 is 0. The number of hydrogen-bond donors (Lipinski definition) is 1. The van der Waals surface area contributed by atoms with Gasteiger partial charge in [-0.05, 0) is 18.9 Å². The zero-order valence-corrected chi connectivity index (χ0v) is 10.3. The summed E-state index contributed by atoms with van der Waals surface area (Å²) in [7, 11) is 0. The highest BCUT2D eigenvalue weighted by Gasteiger charge is 2.24. The lowest BCUT2D eigenvalue weighted by atomic mass is 10.1. The van der Waals surface area contributed by atoms with Gasteiger partial charge in [0.25, 0.3) is 0 Å². The Morgan fingerprint density at radius 1 is 1.22 bits per heavy atom. The maximum Gasteiger partial charge on any atom is 0.123 e. The van der Waals surface area contributed by atoms with Crippen LogP contribution in [0.4, 0.5) is 0 Å². The van der Waals surface area contributed by atoms with Gasteiger partial charge in [-0.3, -0.25) is 0 Å². The highest BCUT2D eigenvalue weighted by molar-refractivity contribution is 6.04. The van der Waals surface area contributed by atoms with Crippen molar-refractivity contribution in [2.75, 3.05) is 13.2 Å². The van der Waals surface area contributed by atoms with Gasteiger partial charge in [0.2, 0.25) is 0 Å². The number of rotatable bonds is 2. The number of fused-ring (bicyclic) bond motifs is 1. The van der Waals surface area contributed by atoms with Crippen molar-refractivity contribution in [3.63, 3.8) is 0 Å². The second-order valence-electron chi connectivity index (χ2n) is 4.76. The van der Waals surface area contributed by atoms with Gasteiger partial charge in [-0.2, -0.15) is 0 Å². The molecule has 4 heteroatoms. The molecule has 4 nitrogen and oxygen atoms in total. The first-order valence-electron chi connectivity index (χ1n) is 6.46. The van der Waals surface area contributed by atoms with E-state index in [4.69, 9.17) is 14.7 Å². The van der Waals surface area contributed by atoms with E-state index in [1.54, 1.807) is 0 Å². The summed E-state index contributed by atoms with van der Waals surface area (Å²) in [6, 6.07) is 5.97. The Hall–Kier alpha value is -1.55. The molecule has 18 heavy (non-hydrogen) atoms. The summed E-state index contributed by atoms with van der Waals surface area (Å²) in [6.07, 6.45) is 3.84. The normalized spacial score (nSPS) is 22.1. The minimum atomic E-state index is 0.250.